The Hall–Kier alpha value is -2.37. The standard InChI is InChI=1S/C9H5N3O3/c13-8(14)7-10-9-12(11-7)5-3-1-2-4-6(5)15-9/h1-4H,(H,13,14). The average molecular weight is 203 g/mol. The molecule has 0 unspecified atom stereocenters. The number of para-hydroxylation sites is 2. The van der Waals surface area contributed by atoms with Crippen molar-refractivity contribution < 1.29 is 14.3 Å². The van der Waals surface area contributed by atoms with Crippen molar-refractivity contribution in [3.63, 3.8) is 0 Å². The highest BCUT2D eigenvalue weighted by Crippen LogP contribution is 2.17. The zero-order chi connectivity index (χ0) is 10.4. The molecule has 0 radical (unpaired) electrons. The van der Waals surface area contributed by atoms with E-state index in [2.05, 4.69) is 10.1 Å². The molecule has 2 aromatic heterocycles. The summed E-state index contributed by atoms with van der Waals surface area (Å²) in [4.78, 5) is 14.4. The number of aromatic nitrogens is 3. The Bertz CT molecular complexity index is 667. The van der Waals surface area contributed by atoms with E-state index in [4.69, 9.17) is 9.52 Å². The summed E-state index contributed by atoms with van der Waals surface area (Å²) in [7, 11) is 0. The van der Waals surface area contributed by atoms with E-state index in [1.54, 1.807) is 12.1 Å². The molecule has 0 bridgehead atoms. The van der Waals surface area contributed by atoms with Gasteiger partial charge in [0.2, 0.25) is 0 Å². The number of carbonyl (C=O) groups is 1. The fourth-order valence-electron chi connectivity index (χ4n) is 1.43. The summed E-state index contributed by atoms with van der Waals surface area (Å²) in [6, 6.07) is 7.20. The van der Waals surface area contributed by atoms with Gasteiger partial charge in [0.05, 0.1) is 0 Å². The second kappa shape index (κ2) is 2.57. The predicted molar refractivity (Wildman–Crippen MR) is 49.7 cm³/mol. The van der Waals surface area contributed by atoms with Crippen LogP contribution in [0.2, 0.25) is 0 Å². The van der Waals surface area contributed by atoms with E-state index in [1.165, 1.54) is 4.52 Å². The van der Waals surface area contributed by atoms with Crippen molar-refractivity contribution in [2.45, 2.75) is 0 Å². The highest BCUT2D eigenvalue weighted by Gasteiger charge is 2.15. The minimum atomic E-state index is -1.17. The molecule has 0 saturated heterocycles. The zero-order valence-electron chi connectivity index (χ0n) is 7.41. The van der Waals surface area contributed by atoms with Crippen LogP contribution in [0.15, 0.2) is 28.7 Å². The maximum Gasteiger partial charge on any atom is 0.375 e. The second-order valence-electron chi connectivity index (χ2n) is 3.00. The van der Waals surface area contributed by atoms with Gasteiger partial charge in [0.1, 0.15) is 5.52 Å². The Labute approximate surface area is 82.8 Å². The van der Waals surface area contributed by atoms with E-state index in [-0.39, 0.29) is 11.7 Å². The van der Waals surface area contributed by atoms with E-state index in [9.17, 15) is 4.79 Å². The Morgan fingerprint density at radius 3 is 3.00 bits per heavy atom. The number of fused-ring (bicyclic) bond motifs is 3. The number of benzene rings is 1. The normalized spacial score (nSPS) is 11.2. The smallest absolute Gasteiger partial charge is 0.375 e. The van der Waals surface area contributed by atoms with Crippen LogP contribution in [-0.4, -0.2) is 25.7 Å². The van der Waals surface area contributed by atoms with Crippen LogP contribution in [-0.2, 0) is 0 Å². The third-order valence-corrected chi connectivity index (χ3v) is 2.06. The molecule has 0 atom stereocenters. The van der Waals surface area contributed by atoms with Gasteiger partial charge in [-0.05, 0) is 12.1 Å². The number of rotatable bonds is 1. The van der Waals surface area contributed by atoms with Crippen LogP contribution in [0, 0.1) is 0 Å². The molecule has 0 aliphatic carbocycles. The minimum absolute atomic E-state index is 0.189. The van der Waals surface area contributed by atoms with Gasteiger partial charge in [0.25, 0.3) is 5.82 Å². The van der Waals surface area contributed by atoms with Crippen LogP contribution in [0.3, 0.4) is 0 Å². The van der Waals surface area contributed by atoms with Gasteiger partial charge in [-0.2, -0.15) is 9.50 Å². The lowest BCUT2D eigenvalue weighted by molar-refractivity contribution is 0.0684. The molecule has 6 heteroatoms. The molecule has 3 aromatic rings. The summed E-state index contributed by atoms with van der Waals surface area (Å²) in [5.74, 6) is -1.24. The van der Waals surface area contributed by atoms with Crippen molar-refractivity contribution in [3.8, 4) is 0 Å². The fourth-order valence-corrected chi connectivity index (χ4v) is 1.43. The maximum atomic E-state index is 10.6. The Kier molecular flexibility index (Phi) is 1.37. The molecular formula is C9H5N3O3. The molecule has 3 rings (SSSR count). The van der Waals surface area contributed by atoms with Crippen molar-refractivity contribution in [1.29, 1.82) is 0 Å². The topological polar surface area (TPSA) is 80.6 Å². The van der Waals surface area contributed by atoms with Crippen LogP contribution in [0.5, 0.6) is 0 Å². The molecule has 0 spiro atoms. The zero-order valence-corrected chi connectivity index (χ0v) is 7.41. The SMILES string of the molecule is O=C(O)c1nc2oc3ccccc3n2n1. The number of hydrogen-bond donors (Lipinski definition) is 1. The Balaban J connectivity index is 2.42. The first-order chi connectivity index (χ1) is 7.25. The summed E-state index contributed by atoms with van der Waals surface area (Å²) in [5.41, 5.74) is 1.33. The predicted octanol–water partition coefficient (Wildman–Crippen LogP) is 1.17. The summed E-state index contributed by atoms with van der Waals surface area (Å²) >= 11 is 0. The van der Waals surface area contributed by atoms with Gasteiger partial charge in [-0.15, -0.1) is 5.10 Å². The molecule has 1 aromatic carbocycles. The van der Waals surface area contributed by atoms with E-state index in [0.29, 0.717) is 11.1 Å². The molecule has 6 nitrogen and oxygen atoms in total. The lowest BCUT2D eigenvalue weighted by Gasteiger charge is -1.85. The summed E-state index contributed by atoms with van der Waals surface area (Å²) in [6.07, 6.45) is 0. The first-order valence-corrected chi connectivity index (χ1v) is 4.23. The molecule has 0 aliphatic heterocycles. The third-order valence-electron chi connectivity index (χ3n) is 2.06. The van der Waals surface area contributed by atoms with Gasteiger partial charge in [0, 0.05) is 0 Å². The largest absolute Gasteiger partial charge is 0.475 e. The van der Waals surface area contributed by atoms with Gasteiger partial charge in [-0.25, -0.2) is 4.79 Å². The average Bonchev–Trinajstić information content (AvgIpc) is 2.73. The molecule has 0 amide bonds. The Morgan fingerprint density at radius 1 is 1.40 bits per heavy atom. The molecule has 15 heavy (non-hydrogen) atoms. The fraction of sp³-hybridized carbons (Fsp3) is 0. The second-order valence-corrected chi connectivity index (χ2v) is 3.00. The van der Waals surface area contributed by atoms with Crippen LogP contribution in [0.1, 0.15) is 10.6 Å². The van der Waals surface area contributed by atoms with E-state index in [1.807, 2.05) is 12.1 Å². The first kappa shape index (κ1) is 7.98. The van der Waals surface area contributed by atoms with Crippen molar-refractivity contribution >= 4 is 22.9 Å². The summed E-state index contributed by atoms with van der Waals surface area (Å²) in [6.45, 7) is 0. The number of aromatic carboxylic acids is 1. The van der Waals surface area contributed by atoms with E-state index < -0.39 is 5.97 Å². The highest BCUT2D eigenvalue weighted by atomic mass is 16.4. The van der Waals surface area contributed by atoms with Crippen molar-refractivity contribution in [1.82, 2.24) is 14.6 Å². The monoisotopic (exact) mass is 203 g/mol. The number of carboxylic acids is 1. The molecular weight excluding hydrogens is 198 g/mol. The lowest BCUT2D eigenvalue weighted by atomic mass is 10.3. The summed E-state index contributed by atoms with van der Waals surface area (Å²) in [5, 5.41) is 12.5. The van der Waals surface area contributed by atoms with E-state index in [0.717, 1.165) is 0 Å². The molecule has 74 valence electrons. The van der Waals surface area contributed by atoms with Crippen molar-refractivity contribution in [3.05, 3.63) is 30.1 Å². The highest BCUT2D eigenvalue weighted by molar-refractivity contribution is 5.84. The van der Waals surface area contributed by atoms with Gasteiger partial charge in [-0.1, -0.05) is 12.1 Å². The van der Waals surface area contributed by atoms with Crippen molar-refractivity contribution in [2.24, 2.45) is 0 Å². The van der Waals surface area contributed by atoms with Gasteiger partial charge in [0.15, 0.2) is 5.58 Å². The first-order valence-electron chi connectivity index (χ1n) is 4.23. The van der Waals surface area contributed by atoms with Gasteiger partial charge >= 0.3 is 11.8 Å². The number of carboxylic acid groups (broad SMARTS) is 1. The third kappa shape index (κ3) is 1.01. The number of nitrogens with zero attached hydrogens (tertiary/aromatic N) is 3. The number of hydrogen-bond acceptors (Lipinski definition) is 4. The maximum absolute atomic E-state index is 10.6. The van der Waals surface area contributed by atoms with Crippen LogP contribution < -0.4 is 0 Å². The van der Waals surface area contributed by atoms with Crippen LogP contribution in [0.4, 0.5) is 0 Å². The van der Waals surface area contributed by atoms with Crippen LogP contribution >= 0.6 is 0 Å². The summed E-state index contributed by atoms with van der Waals surface area (Å²) < 4.78 is 6.68. The quantitative estimate of drug-likeness (QED) is 0.642. The molecule has 1 N–H and O–H groups in total. The van der Waals surface area contributed by atoms with E-state index >= 15 is 0 Å². The van der Waals surface area contributed by atoms with Gasteiger partial charge in [-0.3, -0.25) is 0 Å². The number of oxazole rings is 1. The van der Waals surface area contributed by atoms with Gasteiger partial charge < -0.3 is 9.52 Å². The molecule has 0 saturated carbocycles. The molecule has 0 aliphatic rings. The molecule has 2 heterocycles. The van der Waals surface area contributed by atoms with Crippen LogP contribution in [0.25, 0.3) is 16.9 Å². The lowest BCUT2D eigenvalue weighted by Crippen LogP contribution is -1.99. The minimum Gasteiger partial charge on any atom is -0.475 e. The molecule has 0 fully saturated rings. The Morgan fingerprint density at radius 2 is 2.20 bits per heavy atom. The van der Waals surface area contributed by atoms with Crippen molar-refractivity contribution in [2.75, 3.05) is 0 Å².